The number of aromatic amines is 1. The molecule has 1 saturated heterocycles. The van der Waals surface area contributed by atoms with E-state index in [4.69, 9.17) is 9.47 Å². The zero-order valence-electron chi connectivity index (χ0n) is 23.5. The third-order valence-corrected chi connectivity index (χ3v) is 9.46. The van der Waals surface area contributed by atoms with E-state index in [0.717, 1.165) is 42.7 Å². The first-order valence-corrected chi connectivity index (χ1v) is 14.1. The molecule has 0 bridgehead atoms. The molecule has 2 amide bonds. The Bertz CT molecular complexity index is 1380. The van der Waals surface area contributed by atoms with Crippen LogP contribution in [-0.2, 0) is 16.0 Å². The molecule has 1 aliphatic heterocycles. The summed E-state index contributed by atoms with van der Waals surface area (Å²) in [6, 6.07) is 17.5. The number of H-pyrrole nitrogens is 1. The monoisotopic (exact) mass is 526 g/mol. The Balaban J connectivity index is 1.40. The number of imide groups is 1. The molecule has 1 saturated carbocycles. The van der Waals surface area contributed by atoms with E-state index < -0.39 is 5.92 Å². The van der Waals surface area contributed by atoms with Crippen LogP contribution >= 0.6 is 0 Å². The first-order chi connectivity index (χ1) is 18.7. The third kappa shape index (κ3) is 4.34. The van der Waals surface area contributed by atoms with Crippen LogP contribution in [0.15, 0.2) is 54.6 Å². The molecular weight excluding hydrogens is 488 g/mol. The van der Waals surface area contributed by atoms with E-state index >= 15 is 0 Å². The molecule has 6 nitrogen and oxygen atoms in total. The highest BCUT2D eigenvalue weighted by Crippen LogP contribution is 2.58. The summed E-state index contributed by atoms with van der Waals surface area (Å²) >= 11 is 0. The molecule has 2 heterocycles. The van der Waals surface area contributed by atoms with Gasteiger partial charge in [0.15, 0.2) is 0 Å². The molecule has 0 spiro atoms. The minimum atomic E-state index is -0.449. The van der Waals surface area contributed by atoms with E-state index in [2.05, 4.69) is 44.0 Å². The van der Waals surface area contributed by atoms with Gasteiger partial charge in [0.2, 0.25) is 11.8 Å². The van der Waals surface area contributed by atoms with Gasteiger partial charge in [-0.1, -0.05) is 32.9 Å². The molecule has 3 aromatic rings. The van der Waals surface area contributed by atoms with Crippen LogP contribution in [0.4, 0.5) is 5.69 Å². The largest absolute Gasteiger partial charge is 0.497 e. The Kier molecular flexibility index (Phi) is 6.32. The number of benzene rings is 2. The van der Waals surface area contributed by atoms with Gasteiger partial charge in [0, 0.05) is 23.7 Å². The van der Waals surface area contributed by atoms with Crippen molar-refractivity contribution < 1.29 is 19.1 Å². The molecule has 2 aliphatic carbocycles. The standard InChI is InChI=1S/C33H38N2O4/c1-33(2,3)20-8-15-25-26(17-20)28-29(32(37)35(31(28)36)22-9-13-24(39-5)14-10-22)27-18-21(34-30(25)27)16-19-6-11-23(38-4)12-7-19/h6-7,9-14,18,20,25-26,28-29,34H,8,15-17H2,1-5H3/t20?,25-,26+,28+,29-/m1/s1. The maximum atomic E-state index is 14.1. The Morgan fingerprint density at radius 2 is 1.54 bits per heavy atom. The number of rotatable bonds is 5. The summed E-state index contributed by atoms with van der Waals surface area (Å²) in [5.41, 5.74) is 5.24. The SMILES string of the molecule is COc1ccc(Cc2cc3c([nH]2)[C@@H]2CCC(C(C)(C)C)C[C@@H]2[C@@H]2C(=O)N(c4ccc(OC)cc4)C(=O)[C@H]32)cc1. The number of fused-ring (bicyclic) bond motifs is 6. The fourth-order valence-electron chi connectivity index (χ4n) is 7.35. The topological polar surface area (TPSA) is 71.6 Å². The lowest BCUT2D eigenvalue weighted by molar-refractivity contribution is -0.123. The molecule has 3 aliphatic rings. The number of anilines is 1. The predicted octanol–water partition coefficient (Wildman–Crippen LogP) is 6.46. The van der Waals surface area contributed by atoms with Gasteiger partial charge in [-0.15, -0.1) is 0 Å². The number of amides is 2. The highest BCUT2D eigenvalue weighted by atomic mass is 16.5. The predicted molar refractivity (Wildman–Crippen MR) is 151 cm³/mol. The van der Waals surface area contributed by atoms with Crippen molar-refractivity contribution in [2.24, 2.45) is 23.2 Å². The number of aromatic nitrogens is 1. The van der Waals surface area contributed by atoms with Crippen molar-refractivity contribution in [3.8, 4) is 11.5 Å². The van der Waals surface area contributed by atoms with E-state index in [-0.39, 0.29) is 35.0 Å². The second-order valence-corrected chi connectivity index (χ2v) is 12.5. The first-order valence-electron chi connectivity index (χ1n) is 14.1. The van der Waals surface area contributed by atoms with Crippen LogP contribution in [0.2, 0.25) is 0 Å². The van der Waals surface area contributed by atoms with Crippen molar-refractivity contribution in [3.63, 3.8) is 0 Å². The lowest BCUT2D eigenvalue weighted by Gasteiger charge is -2.46. The van der Waals surface area contributed by atoms with Gasteiger partial charge >= 0.3 is 0 Å². The number of carbonyl (C=O) groups is 2. The third-order valence-electron chi connectivity index (χ3n) is 9.46. The number of hydrogen-bond donors (Lipinski definition) is 1. The Morgan fingerprint density at radius 3 is 2.15 bits per heavy atom. The van der Waals surface area contributed by atoms with Crippen LogP contribution in [0.25, 0.3) is 0 Å². The maximum Gasteiger partial charge on any atom is 0.242 e. The normalized spacial score (nSPS) is 26.2. The van der Waals surface area contributed by atoms with Crippen LogP contribution in [0.3, 0.4) is 0 Å². The van der Waals surface area contributed by atoms with Crippen LogP contribution in [0.1, 0.15) is 74.4 Å². The summed E-state index contributed by atoms with van der Waals surface area (Å²) < 4.78 is 10.6. The van der Waals surface area contributed by atoms with E-state index in [1.54, 1.807) is 14.2 Å². The van der Waals surface area contributed by atoms with Crippen molar-refractivity contribution in [1.82, 2.24) is 4.98 Å². The minimum Gasteiger partial charge on any atom is -0.497 e. The molecule has 1 aromatic heterocycles. The van der Waals surface area contributed by atoms with Gasteiger partial charge in [0.05, 0.1) is 31.7 Å². The van der Waals surface area contributed by atoms with Crippen LogP contribution in [-0.4, -0.2) is 31.0 Å². The van der Waals surface area contributed by atoms with Gasteiger partial charge in [-0.3, -0.25) is 9.59 Å². The van der Waals surface area contributed by atoms with E-state index in [1.165, 1.54) is 16.2 Å². The van der Waals surface area contributed by atoms with E-state index in [0.29, 0.717) is 17.4 Å². The van der Waals surface area contributed by atoms with Gasteiger partial charge in [0.1, 0.15) is 11.5 Å². The number of carbonyl (C=O) groups excluding carboxylic acids is 2. The summed E-state index contributed by atoms with van der Waals surface area (Å²) in [6.45, 7) is 6.91. The van der Waals surface area contributed by atoms with Crippen molar-refractivity contribution >= 4 is 17.5 Å². The van der Waals surface area contributed by atoms with Crippen LogP contribution in [0, 0.1) is 23.2 Å². The summed E-state index contributed by atoms with van der Waals surface area (Å²) in [5, 5.41) is 0. The summed E-state index contributed by atoms with van der Waals surface area (Å²) in [5.74, 6) is 1.52. The molecule has 2 fully saturated rings. The van der Waals surface area contributed by atoms with Crippen LogP contribution < -0.4 is 14.4 Å². The quantitative estimate of drug-likeness (QED) is 0.388. The summed E-state index contributed by atoms with van der Waals surface area (Å²) in [4.78, 5) is 33.4. The van der Waals surface area contributed by atoms with Gasteiger partial charge in [-0.05, 0) is 90.1 Å². The second kappa shape index (κ2) is 9.58. The summed E-state index contributed by atoms with van der Waals surface area (Å²) in [6.07, 6.45) is 3.88. The van der Waals surface area contributed by atoms with Gasteiger partial charge in [-0.2, -0.15) is 0 Å². The van der Waals surface area contributed by atoms with Crippen molar-refractivity contribution in [1.29, 1.82) is 0 Å². The molecule has 6 heteroatoms. The lowest BCUT2D eigenvalue weighted by atomic mass is 9.57. The Morgan fingerprint density at radius 1 is 0.897 bits per heavy atom. The van der Waals surface area contributed by atoms with Crippen molar-refractivity contribution in [2.45, 2.75) is 58.3 Å². The van der Waals surface area contributed by atoms with E-state index in [9.17, 15) is 9.59 Å². The first kappa shape index (κ1) is 25.7. The van der Waals surface area contributed by atoms with Gasteiger partial charge in [-0.25, -0.2) is 4.90 Å². The molecule has 204 valence electrons. The molecule has 39 heavy (non-hydrogen) atoms. The Labute approximate surface area is 230 Å². The van der Waals surface area contributed by atoms with E-state index in [1.807, 2.05) is 36.4 Å². The molecular formula is C33H38N2O4. The molecule has 0 radical (unpaired) electrons. The zero-order chi connectivity index (χ0) is 27.5. The summed E-state index contributed by atoms with van der Waals surface area (Å²) in [7, 11) is 3.28. The molecule has 2 aromatic carbocycles. The number of nitrogens with one attached hydrogen (secondary N) is 1. The average Bonchev–Trinajstić information content (AvgIpc) is 3.46. The van der Waals surface area contributed by atoms with Crippen molar-refractivity contribution in [3.05, 3.63) is 77.1 Å². The highest BCUT2D eigenvalue weighted by Gasteiger charge is 2.59. The smallest absolute Gasteiger partial charge is 0.242 e. The zero-order valence-corrected chi connectivity index (χ0v) is 23.5. The fourth-order valence-corrected chi connectivity index (χ4v) is 7.35. The molecule has 1 unspecified atom stereocenters. The maximum absolute atomic E-state index is 14.1. The average molecular weight is 527 g/mol. The number of nitrogens with zero attached hydrogens (tertiary/aromatic N) is 1. The van der Waals surface area contributed by atoms with Crippen LogP contribution in [0.5, 0.6) is 11.5 Å². The number of ether oxygens (including phenoxy) is 2. The second-order valence-electron chi connectivity index (χ2n) is 12.5. The lowest BCUT2D eigenvalue weighted by Crippen LogP contribution is -2.41. The minimum absolute atomic E-state index is 0.0525. The highest BCUT2D eigenvalue weighted by molar-refractivity contribution is 6.24. The van der Waals surface area contributed by atoms with Gasteiger partial charge < -0.3 is 14.5 Å². The molecule has 5 atom stereocenters. The van der Waals surface area contributed by atoms with Crippen molar-refractivity contribution in [2.75, 3.05) is 19.1 Å². The Hall–Kier alpha value is -3.54. The molecule has 6 rings (SSSR count). The fraction of sp³-hybridized carbons (Fsp3) is 0.455. The number of methoxy groups -OCH3 is 2. The number of hydrogen-bond acceptors (Lipinski definition) is 4. The van der Waals surface area contributed by atoms with Gasteiger partial charge in [0.25, 0.3) is 0 Å². The molecule has 1 N–H and O–H groups in total.